The number of esters is 1. The molecule has 0 aliphatic carbocycles. The number of ether oxygens (including phenoxy) is 1. The minimum atomic E-state index is -0.266. The molecule has 2 nitrogen and oxygen atoms in total. The SMILES string of the molecule is CCCCCC(/C=C/C=C\C(=O)OCC)C(C)CC. The summed E-state index contributed by atoms with van der Waals surface area (Å²) in [5.41, 5.74) is 0. The van der Waals surface area contributed by atoms with Crippen LogP contribution in [0.3, 0.4) is 0 Å². The van der Waals surface area contributed by atoms with Crippen LogP contribution in [0.5, 0.6) is 0 Å². The van der Waals surface area contributed by atoms with Crippen LogP contribution in [0, 0.1) is 11.8 Å². The fraction of sp³-hybridized carbons (Fsp3) is 0.706. The lowest BCUT2D eigenvalue weighted by atomic mass is 9.87. The Labute approximate surface area is 118 Å². The van der Waals surface area contributed by atoms with E-state index in [1.165, 1.54) is 38.2 Å². The first-order valence-corrected chi connectivity index (χ1v) is 7.67. The standard InChI is InChI=1S/C17H30O2/c1-5-8-9-12-16(15(4)6-2)13-10-11-14-17(18)19-7-3/h10-11,13-16H,5-9,12H2,1-4H3/b13-10+,14-11-. The van der Waals surface area contributed by atoms with Gasteiger partial charge in [0.05, 0.1) is 6.61 Å². The molecule has 0 heterocycles. The summed E-state index contributed by atoms with van der Waals surface area (Å²) in [4.78, 5) is 11.1. The van der Waals surface area contributed by atoms with Gasteiger partial charge in [-0.15, -0.1) is 0 Å². The molecule has 0 saturated heterocycles. The second-order valence-electron chi connectivity index (χ2n) is 5.04. The van der Waals surface area contributed by atoms with E-state index in [9.17, 15) is 4.79 Å². The molecule has 0 aromatic heterocycles. The van der Waals surface area contributed by atoms with E-state index in [0.29, 0.717) is 18.4 Å². The van der Waals surface area contributed by atoms with Crippen molar-refractivity contribution in [2.45, 2.75) is 59.8 Å². The number of allylic oxidation sites excluding steroid dienone is 3. The van der Waals surface area contributed by atoms with Gasteiger partial charge in [0, 0.05) is 6.08 Å². The molecule has 0 rings (SSSR count). The molecular formula is C17H30O2. The van der Waals surface area contributed by atoms with Crippen molar-refractivity contribution in [2.24, 2.45) is 11.8 Å². The van der Waals surface area contributed by atoms with Gasteiger partial charge in [0.1, 0.15) is 0 Å². The Hall–Kier alpha value is -1.05. The maximum absolute atomic E-state index is 11.1. The molecule has 0 aromatic carbocycles. The van der Waals surface area contributed by atoms with Crippen molar-refractivity contribution in [2.75, 3.05) is 6.61 Å². The van der Waals surface area contributed by atoms with Gasteiger partial charge in [-0.25, -0.2) is 4.79 Å². The molecule has 0 bridgehead atoms. The van der Waals surface area contributed by atoms with Crippen LogP contribution >= 0.6 is 0 Å². The zero-order valence-corrected chi connectivity index (χ0v) is 13.0. The van der Waals surface area contributed by atoms with Crippen LogP contribution in [0.4, 0.5) is 0 Å². The average Bonchev–Trinajstić information content (AvgIpc) is 2.41. The topological polar surface area (TPSA) is 26.3 Å². The Bertz CT molecular complexity index is 279. The molecule has 19 heavy (non-hydrogen) atoms. The van der Waals surface area contributed by atoms with E-state index in [2.05, 4.69) is 26.8 Å². The molecule has 110 valence electrons. The second kappa shape index (κ2) is 12.0. The number of carbonyl (C=O) groups is 1. The monoisotopic (exact) mass is 266 g/mol. The maximum atomic E-state index is 11.1. The van der Waals surface area contributed by atoms with E-state index in [0.717, 1.165) is 0 Å². The van der Waals surface area contributed by atoms with Crippen molar-refractivity contribution in [3.8, 4) is 0 Å². The van der Waals surface area contributed by atoms with Crippen LogP contribution in [-0.4, -0.2) is 12.6 Å². The fourth-order valence-corrected chi connectivity index (χ4v) is 2.03. The highest BCUT2D eigenvalue weighted by molar-refractivity contribution is 5.82. The lowest BCUT2D eigenvalue weighted by molar-refractivity contribution is -0.137. The third-order valence-electron chi connectivity index (χ3n) is 3.50. The van der Waals surface area contributed by atoms with Crippen LogP contribution in [0.25, 0.3) is 0 Å². The molecule has 2 unspecified atom stereocenters. The van der Waals surface area contributed by atoms with Crippen molar-refractivity contribution < 1.29 is 9.53 Å². The van der Waals surface area contributed by atoms with Crippen LogP contribution in [-0.2, 0) is 9.53 Å². The Morgan fingerprint density at radius 2 is 1.89 bits per heavy atom. The van der Waals surface area contributed by atoms with E-state index < -0.39 is 0 Å². The molecule has 0 aliphatic heterocycles. The van der Waals surface area contributed by atoms with Crippen molar-refractivity contribution in [1.29, 1.82) is 0 Å². The van der Waals surface area contributed by atoms with Crippen LogP contribution < -0.4 is 0 Å². The molecule has 0 aliphatic rings. The van der Waals surface area contributed by atoms with Crippen LogP contribution in [0.1, 0.15) is 59.8 Å². The average molecular weight is 266 g/mol. The summed E-state index contributed by atoms with van der Waals surface area (Å²) in [6.45, 7) is 9.01. The molecule has 0 amide bonds. The van der Waals surface area contributed by atoms with Crippen molar-refractivity contribution in [3.05, 3.63) is 24.3 Å². The summed E-state index contributed by atoms with van der Waals surface area (Å²) < 4.78 is 4.84. The first-order chi connectivity index (χ1) is 9.15. The highest BCUT2D eigenvalue weighted by Crippen LogP contribution is 2.23. The van der Waals surface area contributed by atoms with Crippen molar-refractivity contribution in [3.63, 3.8) is 0 Å². The smallest absolute Gasteiger partial charge is 0.330 e. The predicted molar refractivity (Wildman–Crippen MR) is 82.0 cm³/mol. The van der Waals surface area contributed by atoms with Gasteiger partial charge < -0.3 is 4.74 Å². The Morgan fingerprint density at radius 1 is 1.16 bits per heavy atom. The van der Waals surface area contributed by atoms with E-state index in [4.69, 9.17) is 4.74 Å². The highest BCUT2D eigenvalue weighted by Gasteiger charge is 2.11. The minimum Gasteiger partial charge on any atom is -0.463 e. The molecule has 0 spiro atoms. The maximum Gasteiger partial charge on any atom is 0.330 e. The molecule has 0 radical (unpaired) electrons. The Balaban J connectivity index is 4.25. The van der Waals surface area contributed by atoms with Gasteiger partial charge in [0.2, 0.25) is 0 Å². The van der Waals surface area contributed by atoms with Gasteiger partial charge in [-0.05, 0) is 25.2 Å². The fourth-order valence-electron chi connectivity index (χ4n) is 2.03. The first-order valence-electron chi connectivity index (χ1n) is 7.67. The van der Waals surface area contributed by atoms with Gasteiger partial charge in [0.15, 0.2) is 0 Å². The van der Waals surface area contributed by atoms with Gasteiger partial charge in [-0.2, -0.15) is 0 Å². The normalized spacial score (nSPS) is 14.9. The summed E-state index contributed by atoms with van der Waals surface area (Å²) >= 11 is 0. The minimum absolute atomic E-state index is 0.266. The zero-order chi connectivity index (χ0) is 14.5. The quantitative estimate of drug-likeness (QED) is 0.243. The molecular weight excluding hydrogens is 236 g/mol. The van der Waals surface area contributed by atoms with Gasteiger partial charge in [-0.3, -0.25) is 0 Å². The summed E-state index contributed by atoms with van der Waals surface area (Å²) in [7, 11) is 0. The number of hydrogen-bond acceptors (Lipinski definition) is 2. The van der Waals surface area contributed by atoms with E-state index in [1.54, 1.807) is 6.08 Å². The summed E-state index contributed by atoms with van der Waals surface area (Å²) in [5, 5.41) is 0. The van der Waals surface area contributed by atoms with Crippen LogP contribution in [0.2, 0.25) is 0 Å². The predicted octanol–water partition coefficient (Wildman–Crippen LogP) is 4.90. The number of unbranched alkanes of at least 4 members (excludes halogenated alkanes) is 2. The van der Waals surface area contributed by atoms with E-state index in [1.807, 2.05) is 13.0 Å². The lowest BCUT2D eigenvalue weighted by Gasteiger charge is -2.19. The molecule has 2 atom stereocenters. The molecule has 0 fully saturated rings. The highest BCUT2D eigenvalue weighted by atomic mass is 16.5. The third-order valence-corrected chi connectivity index (χ3v) is 3.50. The lowest BCUT2D eigenvalue weighted by Crippen LogP contribution is -2.08. The largest absolute Gasteiger partial charge is 0.463 e. The first kappa shape index (κ1) is 17.9. The summed E-state index contributed by atoms with van der Waals surface area (Å²) in [6.07, 6.45) is 13.8. The summed E-state index contributed by atoms with van der Waals surface area (Å²) in [5.74, 6) is 1.05. The number of hydrogen-bond donors (Lipinski definition) is 0. The van der Waals surface area contributed by atoms with Gasteiger partial charge in [0.25, 0.3) is 0 Å². The van der Waals surface area contributed by atoms with Crippen molar-refractivity contribution >= 4 is 5.97 Å². The molecule has 0 aromatic rings. The van der Waals surface area contributed by atoms with Gasteiger partial charge in [-0.1, -0.05) is 64.7 Å². The number of carbonyl (C=O) groups excluding carboxylic acids is 1. The second-order valence-corrected chi connectivity index (χ2v) is 5.04. The van der Waals surface area contributed by atoms with E-state index in [-0.39, 0.29) is 5.97 Å². The Morgan fingerprint density at radius 3 is 2.47 bits per heavy atom. The van der Waals surface area contributed by atoms with Gasteiger partial charge >= 0.3 is 5.97 Å². The Kier molecular flexibility index (Phi) is 11.3. The molecule has 0 saturated carbocycles. The molecule has 2 heteroatoms. The summed E-state index contributed by atoms with van der Waals surface area (Å²) in [6, 6.07) is 0. The third kappa shape index (κ3) is 9.52. The van der Waals surface area contributed by atoms with E-state index >= 15 is 0 Å². The molecule has 0 N–H and O–H groups in total. The number of rotatable bonds is 10. The van der Waals surface area contributed by atoms with Crippen LogP contribution in [0.15, 0.2) is 24.3 Å². The van der Waals surface area contributed by atoms with Crippen molar-refractivity contribution in [1.82, 2.24) is 0 Å². The zero-order valence-electron chi connectivity index (χ0n) is 13.0.